The van der Waals surface area contributed by atoms with Gasteiger partial charge in [0, 0.05) is 10.6 Å². The zero-order valence-electron chi connectivity index (χ0n) is 12.7. The Bertz CT molecular complexity index is 1020. The lowest BCUT2D eigenvalue weighted by atomic mass is 10.2. The number of rotatable bonds is 5. The summed E-state index contributed by atoms with van der Waals surface area (Å²) in [5, 5.41) is 0.0455. The van der Waals surface area contributed by atoms with Crippen molar-refractivity contribution in [2.24, 2.45) is 0 Å². The van der Waals surface area contributed by atoms with Gasteiger partial charge >= 0.3 is 0 Å². The average molecular weight is 384 g/mol. The second-order valence-electron chi connectivity index (χ2n) is 5.42. The molecule has 8 heteroatoms. The number of sulfone groups is 1. The van der Waals surface area contributed by atoms with Crippen molar-refractivity contribution in [2.75, 3.05) is 0 Å². The van der Waals surface area contributed by atoms with Crippen LogP contribution in [-0.2, 0) is 21.3 Å². The number of aromatic nitrogens is 1. The van der Waals surface area contributed by atoms with Crippen LogP contribution in [0.1, 0.15) is 11.3 Å². The lowest BCUT2D eigenvalue weighted by Gasteiger charge is -2.05. The first kappa shape index (κ1) is 17.6. The smallest absolute Gasteiger partial charge is 0.226 e. The first-order valence-electron chi connectivity index (χ1n) is 7.17. The second kappa shape index (κ2) is 6.93. The molecule has 4 nitrogen and oxygen atoms in total. The fourth-order valence-corrected chi connectivity index (χ4v) is 4.00. The second-order valence-corrected chi connectivity index (χ2v) is 7.89. The maximum atomic E-state index is 13.2. The van der Waals surface area contributed by atoms with Crippen molar-refractivity contribution in [1.29, 1.82) is 0 Å². The van der Waals surface area contributed by atoms with Crippen molar-refractivity contribution >= 4 is 21.4 Å². The summed E-state index contributed by atoms with van der Waals surface area (Å²) in [4.78, 5) is 4.08. The summed E-state index contributed by atoms with van der Waals surface area (Å²) < 4.78 is 56.1. The molecule has 0 saturated carbocycles. The normalized spacial score (nSPS) is 11.6. The van der Waals surface area contributed by atoms with Crippen molar-refractivity contribution in [3.8, 4) is 11.5 Å². The van der Waals surface area contributed by atoms with E-state index in [2.05, 4.69) is 4.98 Å². The molecule has 1 aromatic heterocycles. The van der Waals surface area contributed by atoms with Gasteiger partial charge in [0.1, 0.15) is 17.9 Å². The molecule has 0 saturated heterocycles. The summed E-state index contributed by atoms with van der Waals surface area (Å²) in [6.07, 6.45) is 1.21. The van der Waals surface area contributed by atoms with E-state index in [0.717, 1.165) is 12.1 Å². The third kappa shape index (κ3) is 4.43. The molecule has 0 aliphatic rings. The van der Waals surface area contributed by atoms with E-state index >= 15 is 0 Å². The number of hydrogen-bond donors (Lipinski definition) is 0. The van der Waals surface area contributed by atoms with Gasteiger partial charge in [0.05, 0.1) is 17.2 Å². The third-order valence-corrected chi connectivity index (χ3v) is 5.22. The first-order valence-corrected chi connectivity index (χ1v) is 9.37. The fourth-order valence-electron chi connectivity index (χ4n) is 2.28. The molecule has 0 fully saturated rings. The van der Waals surface area contributed by atoms with Crippen LogP contribution in [0.5, 0.6) is 0 Å². The van der Waals surface area contributed by atoms with Crippen LogP contribution in [0.25, 0.3) is 11.5 Å². The minimum absolute atomic E-state index is 0.0455. The summed E-state index contributed by atoms with van der Waals surface area (Å²) in [5.41, 5.74) is 0.902. The maximum absolute atomic E-state index is 13.2. The quantitative estimate of drug-likeness (QED) is 0.655. The van der Waals surface area contributed by atoms with Gasteiger partial charge in [-0.15, -0.1) is 0 Å². The Hall–Kier alpha value is -2.25. The van der Waals surface area contributed by atoms with Crippen LogP contribution in [0.15, 0.2) is 53.1 Å². The minimum atomic E-state index is -3.60. The number of hydrogen-bond acceptors (Lipinski definition) is 4. The molecule has 1 heterocycles. The Morgan fingerprint density at radius 1 is 1.04 bits per heavy atom. The lowest BCUT2D eigenvalue weighted by Crippen LogP contribution is -2.08. The zero-order chi connectivity index (χ0) is 18.0. The Kier molecular flexibility index (Phi) is 4.87. The molecule has 0 aliphatic carbocycles. The molecule has 25 heavy (non-hydrogen) atoms. The SMILES string of the molecule is O=S(=O)(Cc1coc(-c2cccc(F)c2)n1)Cc1ccc(F)cc1Cl. The molecule has 0 aliphatic heterocycles. The molecule has 0 spiro atoms. The Labute approximate surface area is 148 Å². The monoisotopic (exact) mass is 383 g/mol. The molecule has 0 bridgehead atoms. The summed E-state index contributed by atoms with van der Waals surface area (Å²) in [6, 6.07) is 9.16. The summed E-state index contributed by atoms with van der Waals surface area (Å²) in [6.45, 7) is 0. The van der Waals surface area contributed by atoms with Gasteiger partial charge in [-0.25, -0.2) is 22.2 Å². The van der Waals surface area contributed by atoms with Gasteiger partial charge < -0.3 is 4.42 Å². The highest BCUT2D eigenvalue weighted by Gasteiger charge is 2.18. The van der Waals surface area contributed by atoms with Crippen molar-refractivity contribution in [3.63, 3.8) is 0 Å². The van der Waals surface area contributed by atoms with Crippen molar-refractivity contribution in [2.45, 2.75) is 11.5 Å². The molecule has 0 unspecified atom stereocenters. The van der Waals surface area contributed by atoms with E-state index in [0.29, 0.717) is 11.1 Å². The summed E-state index contributed by atoms with van der Waals surface area (Å²) in [5.74, 6) is -1.59. The van der Waals surface area contributed by atoms with Gasteiger partial charge in [-0.3, -0.25) is 0 Å². The molecular weight excluding hydrogens is 372 g/mol. The van der Waals surface area contributed by atoms with E-state index in [1.807, 2.05) is 0 Å². The van der Waals surface area contributed by atoms with Crippen molar-refractivity contribution in [3.05, 3.63) is 76.6 Å². The predicted octanol–water partition coefficient (Wildman–Crippen LogP) is 4.39. The van der Waals surface area contributed by atoms with Crippen LogP contribution in [0, 0.1) is 11.6 Å². The Morgan fingerprint density at radius 2 is 1.80 bits per heavy atom. The summed E-state index contributed by atoms with van der Waals surface area (Å²) in [7, 11) is -3.60. The van der Waals surface area contributed by atoms with E-state index in [9.17, 15) is 17.2 Å². The maximum Gasteiger partial charge on any atom is 0.226 e. The molecule has 0 atom stereocenters. The Morgan fingerprint density at radius 3 is 2.52 bits per heavy atom. The lowest BCUT2D eigenvalue weighted by molar-refractivity contribution is 0.570. The van der Waals surface area contributed by atoms with Crippen LogP contribution in [0.4, 0.5) is 8.78 Å². The first-order chi connectivity index (χ1) is 11.8. The van der Waals surface area contributed by atoms with Crippen molar-refractivity contribution < 1.29 is 21.6 Å². The van der Waals surface area contributed by atoms with Gasteiger partial charge in [-0.2, -0.15) is 0 Å². The Balaban J connectivity index is 1.77. The number of nitrogens with zero attached hydrogens (tertiary/aromatic N) is 1. The molecular formula is C17H12ClF2NO3S. The van der Waals surface area contributed by atoms with E-state index in [1.54, 1.807) is 6.07 Å². The number of benzene rings is 2. The van der Waals surface area contributed by atoms with Crippen LogP contribution < -0.4 is 0 Å². The largest absolute Gasteiger partial charge is 0.444 e. The molecule has 0 radical (unpaired) electrons. The standard InChI is InChI=1S/C17H12ClF2NO3S/c18-16-7-14(20)5-4-12(16)9-25(22,23)10-15-8-24-17(21-15)11-2-1-3-13(19)6-11/h1-8H,9-10H2. The van der Waals surface area contributed by atoms with Crippen LogP contribution in [0.2, 0.25) is 5.02 Å². The van der Waals surface area contributed by atoms with Gasteiger partial charge in [-0.1, -0.05) is 23.7 Å². The van der Waals surface area contributed by atoms with E-state index in [4.69, 9.17) is 16.0 Å². The van der Waals surface area contributed by atoms with Crippen LogP contribution in [-0.4, -0.2) is 13.4 Å². The highest BCUT2D eigenvalue weighted by Crippen LogP contribution is 2.23. The number of halogens is 3. The topological polar surface area (TPSA) is 60.2 Å². The number of oxazole rings is 1. The fraction of sp³-hybridized carbons (Fsp3) is 0.118. The molecule has 3 aromatic rings. The average Bonchev–Trinajstić information content (AvgIpc) is 2.98. The molecule has 2 aromatic carbocycles. The molecule has 3 rings (SSSR count). The summed E-state index contributed by atoms with van der Waals surface area (Å²) >= 11 is 5.86. The molecule has 0 amide bonds. The van der Waals surface area contributed by atoms with Gasteiger partial charge in [-0.05, 0) is 35.9 Å². The third-order valence-electron chi connectivity index (χ3n) is 3.38. The van der Waals surface area contributed by atoms with Gasteiger partial charge in [0.15, 0.2) is 9.84 Å². The van der Waals surface area contributed by atoms with Crippen molar-refractivity contribution in [1.82, 2.24) is 4.98 Å². The highest BCUT2D eigenvalue weighted by molar-refractivity contribution is 7.89. The van der Waals surface area contributed by atoms with Crippen LogP contribution >= 0.6 is 11.6 Å². The molecule has 0 N–H and O–H groups in total. The zero-order valence-corrected chi connectivity index (χ0v) is 14.3. The van der Waals surface area contributed by atoms with E-state index < -0.39 is 21.5 Å². The predicted molar refractivity (Wildman–Crippen MR) is 89.6 cm³/mol. The molecule has 130 valence electrons. The van der Waals surface area contributed by atoms with Gasteiger partial charge in [0.25, 0.3) is 0 Å². The van der Waals surface area contributed by atoms with E-state index in [1.165, 1.54) is 30.5 Å². The van der Waals surface area contributed by atoms with Gasteiger partial charge in [0.2, 0.25) is 5.89 Å². The minimum Gasteiger partial charge on any atom is -0.444 e. The van der Waals surface area contributed by atoms with E-state index in [-0.39, 0.29) is 28.1 Å². The highest BCUT2D eigenvalue weighted by atomic mass is 35.5. The van der Waals surface area contributed by atoms with Crippen LogP contribution in [0.3, 0.4) is 0 Å².